The quantitative estimate of drug-likeness (QED) is 0.457. The molecule has 3 heterocycles. The number of anilines is 1. The summed E-state index contributed by atoms with van der Waals surface area (Å²) in [5.74, 6) is 0.882. The summed E-state index contributed by atoms with van der Waals surface area (Å²) < 4.78 is 1.81. The van der Waals surface area contributed by atoms with Crippen LogP contribution in [0.25, 0.3) is 11.2 Å². The minimum absolute atomic E-state index is 0.0959. The maximum Gasteiger partial charge on any atom is 0.230 e. The van der Waals surface area contributed by atoms with Gasteiger partial charge in [-0.3, -0.25) is 4.79 Å². The molecular formula is C25H27N7O. The molecule has 1 unspecified atom stereocenters. The fourth-order valence-corrected chi connectivity index (χ4v) is 4.47. The minimum atomic E-state index is -0.0959. The molecule has 0 radical (unpaired) electrons. The number of benzene rings is 2. The van der Waals surface area contributed by atoms with E-state index in [1.54, 1.807) is 11.0 Å². The van der Waals surface area contributed by atoms with Gasteiger partial charge in [0.05, 0.1) is 12.5 Å². The number of carbonyl (C=O) groups is 1. The molecule has 2 aromatic carbocycles. The third-order valence-electron chi connectivity index (χ3n) is 6.26. The number of fused-ring (bicyclic) bond motifs is 1. The standard InChI is InChI=1S/C25H27N7O/c1-2-21(20-11-7-4-8-12-20)25(33)31-15-13-30(14-16-31)23-22-24(27-18-26-23)32(29-28-22)17-19-9-5-3-6-10-19/h3-12,18,21H,2,13-17H2,1H3. The summed E-state index contributed by atoms with van der Waals surface area (Å²) in [7, 11) is 0. The Bertz CT molecular complexity index is 1220. The summed E-state index contributed by atoms with van der Waals surface area (Å²) in [6, 6.07) is 20.2. The Morgan fingerprint density at radius 1 is 0.939 bits per heavy atom. The highest BCUT2D eigenvalue weighted by atomic mass is 16.2. The topological polar surface area (TPSA) is 80.0 Å². The summed E-state index contributed by atoms with van der Waals surface area (Å²) in [6.45, 7) is 5.40. The van der Waals surface area contributed by atoms with Gasteiger partial charge in [0, 0.05) is 26.2 Å². The fourth-order valence-electron chi connectivity index (χ4n) is 4.47. The molecule has 0 aliphatic carbocycles. The highest BCUT2D eigenvalue weighted by Gasteiger charge is 2.29. The molecule has 1 amide bonds. The van der Waals surface area contributed by atoms with Crippen LogP contribution >= 0.6 is 0 Å². The van der Waals surface area contributed by atoms with Crippen LogP contribution in [-0.2, 0) is 11.3 Å². The lowest BCUT2D eigenvalue weighted by Crippen LogP contribution is -2.50. The van der Waals surface area contributed by atoms with Crippen LogP contribution in [0.4, 0.5) is 5.82 Å². The van der Waals surface area contributed by atoms with Crippen LogP contribution in [0.5, 0.6) is 0 Å². The van der Waals surface area contributed by atoms with Crippen molar-refractivity contribution >= 4 is 22.9 Å². The first-order chi connectivity index (χ1) is 16.2. The molecule has 0 N–H and O–H groups in total. The monoisotopic (exact) mass is 441 g/mol. The first kappa shape index (κ1) is 21.1. The molecule has 8 nitrogen and oxygen atoms in total. The Kier molecular flexibility index (Phi) is 5.97. The highest BCUT2D eigenvalue weighted by molar-refractivity contribution is 5.85. The minimum Gasteiger partial charge on any atom is -0.351 e. The third-order valence-corrected chi connectivity index (χ3v) is 6.26. The van der Waals surface area contributed by atoms with Gasteiger partial charge in [-0.15, -0.1) is 5.10 Å². The van der Waals surface area contributed by atoms with Crippen LogP contribution in [0.15, 0.2) is 67.0 Å². The van der Waals surface area contributed by atoms with Crippen LogP contribution in [-0.4, -0.2) is 61.9 Å². The second kappa shape index (κ2) is 9.36. The van der Waals surface area contributed by atoms with Crippen molar-refractivity contribution in [3.05, 3.63) is 78.1 Å². The lowest BCUT2D eigenvalue weighted by atomic mass is 9.95. The van der Waals surface area contributed by atoms with E-state index in [9.17, 15) is 4.79 Å². The number of carbonyl (C=O) groups excluding carboxylic acids is 1. The van der Waals surface area contributed by atoms with Crippen molar-refractivity contribution in [3.63, 3.8) is 0 Å². The molecule has 33 heavy (non-hydrogen) atoms. The van der Waals surface area contributed by atoms with Crippen LogP contribution < -0.4 is 4.90 Å². The predicted octanol–water partition coefficient (Wildman–Crippen LogP) is 3.11. The van der Waals surface area contributed by atoms with Crippen molar-refractivity contribution in [2.24, 2.45) is 0 Å². The van der Waals surface area contributed by atoms with Crippen molar-refractivity contribution in [2.75, 3.05) is 31.1 Å². The Morgan fingerprint density at radius 3 is 2.33 bits per heavy atom. The third kappa shape index (κ3) is 4.28. The van der Waals surface area contributed by atoms with E-state index >= 15 is 0 Å². The van der Waals surface area contributed by atoms with Crippen molar-refractivity contribution in [1.29, 1.82) is 0 Å². The van der Waals surface area contributed by atoms with Gasteiger partial charge < -0.3 is 9.80 Å². The molecule has 0 spiro atoms. The van der Waals surface area contributed by atoms with Gasteiger partial charge in [0.1, 0.15) is 6.33 Å². The van der Waals surface area contributed by atoms with E-state index in [-0.39, 0.29) is 11.8 Å². The second-order valence-corrected chi connectivity index (χ2v) is 8.29. The normalized spacial score (nSPS) is 15.1. The molecular weight excluding hydrogens is 414 g/mol. The van der Waals surface area contributed by atoms with Gasteiger partial charge in [-0.25, -0.2) is 14.6 Å². The SMILES string of the molecule is CCC(C(=O)N1CCN(c2ncnc3c2nnn3Cc2ccccc2)CC1)c1ccccc1. The summed E-state index contributed by atoms with van der Waals surface area (Å²) in [5, 5.41) is 8.72. The summed E-state index contributed by atoms with van der Waals surface area (Å²) in [6.07, 6.45) is 2.36. The van der Waals surface area contributed by atoms with E-state index < -0.39 is 0 Å². The van der Waals surface area contributed by atoms with E-state index in [4.69, 9.17) is 0 Å². The van der Waals surface area contributed by atoms with Gasteiger partial charge >= 0.3 is 0 Å². The first-order valence-corrected chi connectivity index (χ1v) is 11.4. The zero-order chi connectivity index (χ0) is 22.6. The maximum atomic E-state index is 13.2. The van der Waals surface area contributed by atoms with E-state index in [1.807, 2.05) is 53.4 Å². The van der Waals surface area contributed by atoms with Crippen LogP contribution in [0, 0.1) is 0 Å². The maximum absolute atomic E-state index is 13.2. The number of hydrogen-bond donors (Lipinski definition) is 0. The average Bonchev–Trinajstić information content (AvgIpc) is 3.29. The van der Waals surface area contributed by atoms with Crippen molar-refractivity contribution in [2.45, 2.75) is 25.8 Å². The molecule has 1 fully saturated rings. The second-order valence-electron chi connectivity index (χ2n) is 8.29. The van der Waals surface area contributed by atoms with Crippen molar-refractivity contribution in [3.8, 4) is 0 Å². The molecule has 2 aromatic heterocycles. The summed E-state index contributed by atoms with van der Waals surface area (Å²) in [5.41, 5.74) is 3.64. The van der Waals surface area contributed by atoms with Gasteiger partial charge in [0.2, 0.25) is 5.91 Å². The summed E-state index contributed by atoms with van der Waals surface area (Å²) in [4.78, 5) is 26.3. The van der Waals surface area contributed by atoms with E-state index in [0.29, 0.717) is 38.2 Å². The van der Waals surface area contributed by atoms with Gasteiger partial charge in [0.25, 0.3) is 0 Å². The van der Waals surface area contributed by atoms with Gasteiger partial charge in [-0.1, -0.05) is 72.8 Å². The molecule has 0 bridgehead atoms. The van der Waals surface area contributed by atoms with Gasteiger partial charge in [-0.05, 0) is 17.5 Å². The molecule has 8 heteroatoms. The fraction of sp³-hybridized carbons (Fsp3) is 0.320. The zero-order valence-electron chi connectivity index (χ0n) is 18.7. The van der Waals surface area contributed by atoms with Crippen LogP contribution in [0.2, 0.25) is 0 Å². The number of piperazine rings is 1. The Hall–Kier alpha value is -3.81. The van der Waals surface area contributed by atoms with Crippen LogP contribution in [0.1, 0.15) is 30.4 Å². The molecule has 1 aliphatic rings. The Morgan fingerprint density at radius 2 is 1.64 bits per heavy atom. The highest BCUT2D eigenvalue weighted by Crippen LogP contribution is 2.25. The lowest BCUT2D eigenvalue weighted by Gasteiger charge is -2.37. The smallest absolute Gasteiger partial charge is 0.230 e. The molecule has 0 saturated carbocycles. The molecule has 5 rings (SSSR count). The van der Waals surface area contributed by atoms with E-state index in [0.717, 1.165) is 29.0 Å². The Labute approximate surface area is 192 Å². The first-order valence-electron chi connectivity index (χ1n) is 11.4. The average molecular weight is 442 g/mol. The molecule has 1 saturated heterocycles. The predicted molar refractivity (Wildman–Crippen MR) is 127 cm³/mol. The van der Waals surface area contributed by atoms with Gasteiger partial charge in [-0.2, -0.15) is 0 Å². The van der Waals surface area contributed by atoms with Crippen molar-refractivity contribution < 1.29 is 4.79 Å². The van der Waals surface area contributed by atoms with Gasteiger partial charge in [0.15, 0.2) is 17.0 Å². The number of rotatable bonds is 6. The number of aromatic nitrogens is 5. The molecule has 168 valence electrons. The summed E-state index contributed by atoms with van der Waals surface area (Å²) >= 11 is 0. The van der Waals surface area contributed by atoms with Crippen molar-refractivity contribution in [1.82, 2.24) is 29.9 Å². The Balaban J connectivity index is 1.30. The molecule has 1 aliphatic heterocycles. The van der Waals surface area contributed by atoms with E-state index in [2.05, 4.69) is 44.2 Å². The number of hydrogen-bond acceptors (Lipinski definition) is 6. The zero-order valence-corrected chi connectivity index (χ0v) is 18.7. The lowest BCUT2D eigenvalue weighted by molar-refractivity contribution is -0.133. The van der Waals surface area contributed by atoms with Crippen LogP contribution in [0.3, 0.4) is 0 Å². The number of amides is 1. The van der Waals surface area contributed by atoms with E-state index in [1.165, 1.54) is 0 Å². The molecule has 1 atom stereocenters. The number of nitrogens with zero attached hydrogens (tertiary/aromatic N) is 7. The molecule has 4 aromatic rings. The largest absolute Gasteiger partial charge is 0.351 e.